The molecule has 1 amide bonds. The molecule has 2 N–H and O–H groups in total. The number of carbonyl (C=O) groups excluding carboxylic acids is 1. The monoisotopic (exact) mass is 227 g/mol. The molecule has 1 rings (SSSR count). The van der Waals surface area contributed by atoms with Crippen LogP contribution in [0.25, 0.3) is 0 Å². The molecule has 0 aliphatic heterocycles. The number of aromatic nitrogens is 2. The van der Waals surface area contributed by atoms with Gasteiger partial charge in [-0.3, -0.25) is 9.48 Å². The zero-order chi connectivity index (χ0) is 12.1. The van der Waals surface area contributed by atoms with Crippen molar-refractivity contribution in [1.29, 1.82) is 0 Å². The van der Waals surface area contributed by atoms with E-state index >= 15 is 0 Å². The maximum Gasteiger partial charge on any atom is 0.269 e. The lowest BCUT2D eigenvalue weighted by Crippen LogP contribution is -2.35. The van der Waals surface area contributed by atoms with Crippen molar-refractivity contribution in [3.63, 3.8) is 0 Å². The van der Waals surface area contributed by atoms with E-state index in [1.165, 1.54) is 11.8 Å². The van der Waals surface area contributed by atoms with Gasteiger partial charge in [0.05, 0.1) is 18.4 Å². The van der Waals surface area contributed by atoms with Crippen molar-refractivity contribution in [1.82, 2.24) is 15.1 Å². The highest BCUT2D eigenvalue weighted by molar-refractivity contribution is 5.92. The number of aryl methyl sites for hydroxylation is 2. The van der Waals surface area contributed by atoms with Crippen LogP contribution in [0.5, 0.6) is 0 Å². The van der Waals surface area contributed by atoms with Crippen LogP contribution in [0.15, 0.2) is 6.07 Å². The lowest BCUT2D eigenvalue weighted by Gasteiger charge is -2.10. The highest BCUT2D eigenvalue weighted by atomic mass is 16.5. The van der Waals surface area contributed by atoms with E-state index in [4.69, 9.17) is 4.74 Å². The number of rotatable bonds is 5. The van der Waals surface area contributed by atoms with E-state index in [9.17, 15) is 9.90 Å². The Morgan fingerprint density at radius 2 is 2.44 bits per heavy atom. The van der Waals surface area contributed by atoms with E-state index in [0.717, 1.165) is 5.69 Å². The molecule has 0 aromatic carbocycles. The van der Waals surface area contributed by atoms with E-state index in [0.29, 0.717) is 5.69 Å². The minimum Gasteiger partial charge on any atom is -0.389 e. The van der Waals surface area contributed by atoms with Gasteiger partial charge < -0.3 is 15.2 Å². The van der Waals surface area contributed by atoms with Gasteiger partial charge in [-0.1, -0.05) is 0 Å². The van der Waals surface area contributed by atoms with E-state index in [1.54, 1.807) is 13.1 Å². The molecule has 90 valence electrons. The molecule has 1 atom stereocenters. The Morgan fingerprint density at radius 1 is 1.75 bits per heavy atom. The van der Waals surface area contributed by atoms with Crippen LogP contribution < -0.4 is 5.32 Å². The van der Waals surface area contributed by atoms with Crippen LogP contribution >= 0.6 is 0 Å². The van der Waals surface area contributed by atoms with Gasteiger partial charge in [-0.2, -0.15) is 5.10 Å². The number of methoxy groups -OCH3 is 1. The van der Waals surface area contributed by atoms with Gasteiger partial charge >= 0.3 is 0 Å². The molecule has 0 saturated carbocycles. The second-order valence-electron chi connectivity index (χ2n) is 3.61. The minimum absolute atomic E-state index is 0.164. The molecular weight excluding hydrogens is 210 g/mol. The molecule has 6 heteroatoms. The summed E-state index contributed by atoms with van der Waals surface area (Å²) in [7, 11) is 3.20. The largest absolute Gasteiger partial charge is 0.389 e. The minimum atomic E-state index is -0.691. The van der Waals surface area contributed by atoms with Gasteiger partial charge in [0, 0.05) is 20.7 Å². The molecule has 0 bridgehead atoms. The van der Waals surface area contributed by atoms with E-state index in [2.05, 4.69) is 10.4 Å². The first kappa shape index (κ1) is 12.7. The fourth-order valence-corrected chi connectivity index (χ4v) is 1.38. The summed E-state index contributed by atoms with van der Waals surface area (Å²) in [5, 5.41) is 16.0. The van der Waals surface area contributed by atoms with Crippen LogP contribution in [-0.4, -0.2) is 47.2 Å². The van der Waals surface area contributed by atoms with Gasteiger partial charge in [0.15, 0.2) is 0 Å². The number of nitrogens with one attached hydrogen (secondary N) is 1. The molecule has 0 spiro atoms. The molecule has 1 aromatic heterocycles. The number of aliphatic hydroxyl groups excluding tert-OH is 1. The average molecular weight is 227 g/mol. The Kier molecular flexibility index (Phi) is 4.45. The van der Waals surface area contributed by atoms with Gasteiger partial charge in [-0.25, -0.2) is 0 Å². The fourth-order valence-electron chi connectivity index (χ4n) is 1.38. The quantitative estimate of drug-likeness (QED) is 0.708. The van der Waals surface area contributed by atoms with Crippen molar-refractivity contribution in [3.05, 3.63) is 17.5 Å². The van der Waals surface area contributed by atoms with Gasteiger partial charge in [-0.15, -0.1) is 0 Å². The average Bonchev–Trinajstić information content (AvgIpc) is 2.55. The molecule has 6 nitrogen and oxygen atoms in total. The Labute approximate surface area is 94.2 Å². The van der Waals surface area contributed by atoms with Crippen molar-refractivity contribution in [2.24, 2.45) is 7.05 Å². The zero-order valence-electron chi connectivity index (χ0n) is 9.73. The van der Waals surface area contributed by atoms with Crippen molar-refractivity contribution in [3.8, 4) is 0 Å². The van der Waals surface area contributed by atoms with Crippen molar-refractivity contribution < 1.29 is 14.6 Å². The maximum absolute atomic E-state index is 11.7. The number of amides is 1. The first-order valence-corrected chi connectivity index (χ1v) is 5.00. The van der Waals surface area contributed by atoms with Crippen LogP contribution in [0.4, 0.5) is 0 Å². The SMILES string of the molecule is COCC(O)CNC(=O)c1cc(C)nn1C. The number of nitrogens with zero attached hydrogens (tertiary/aromatic N) is 2. The summed E-state index contributed by atoms with van der Waals surface area (Å²) in [4.78, 5) is 11.7. The molecule has 0 aliphatic carbocycles. The molecule has 0 radical (unpaired) electrons. The predicted molar refractivity (Wildman–Crippen MR) is 58.2 cm³/mol. The molecule has 0 saturated heterocycles. The van der Waals surface area contributed by atoms with Crippen LogP contribution in [0.1, 0.15) is 16.2 Å². The van der Waals surface area contributed by atoms with Crippen LogP contribution in [0.3, 0.4) is 0 Å². The molecule has 16 heavy (non-hydrogen) atoms. The van der Waals surface area contributed by atoms with Crippen molar-refractivity contribution >= 4 is 5.91 Å². The summed E-state index contributed by atoms with van der Waals surface area (Å²) in [6, 6.07) is 1.69. The highest BCUT2D eigenvalue weighted by Crippen LogP contribution is 2.01. The number of hydrogen-bond acceptors (Lipinski definition) is 4. The van der Waals surface area contributed by atoms with Crippen LogP contribution in [0, 0.1) is 6.92 Å². The first-order valence-electron chi connectivity index (χ1n) is 5.00. The Hall–Kier alpha value is -1.40. The Bertz CT molecular complexity index is 362. The number of aliphatic hydroxyl groups is 1. The second kappa shape index (κ2) is 5.62. The standard InChI is InChI=1S/C10H17N3O3/c1-7-4-9(13(2)12-7)10(15)11-5-8(14)6-16-3/h4,8,14H,5-6H2,1-3H3,(H,11,15). The summed E-state index contributed by atoms with van der Waals surface area (Å²) in [6.45, 7) is 2.18. The van der Waals surface area contributed by atoms with Crippen molar-refractivity contribution in [2.75, 3.05) is 20.3 Å². The summed E-state index contributed by atoms with van der Waals surface area (Å²) >= 11 is 0. The lowest BCUT2D eigenvalue weighted by molar-refractivity contribution is 0.0607. The van der Waals surface area contributed by atoms with Gasteiger partial charge in [0.1, 0.15) is 5.69 Å². The third-order valence-electron chi connectivity index (χ3n) is 2.09. The van der Waals surface area contributed by atoms with Gasteiger partial charge in [0.2, 0.25) is 0 Å². The molecule has 0 aliphatic rings. The zero-order valence-corrected chi connectivity index (χ0v) is 9.73. The Balaban J connectivity index is 2.50. The van der Waals surface area contributed by atoms with E-state index in [1.807, 2.05) is 6.92 Å². The number of ether oxygens (including phenoxy) is 1. The van der Waals surface area contributed by atoms with Gasteiger partial charge in [-0.05, 0) is 13.0 Å². The smallest absolute Gasteiger partial charge is 0.269 e. The fraction of sp³-hybridized carbons (Fsp3) is 0.600. The van der Waals surface area contributed by atoms with Crippen LogP contribution in [0.2, 0.25) is 0 Å². The molecule has 1 aromatic rings. The number of hydrogen-bond donors (Lipinski definition) is 2. The first-order chi connectivity index (χ1) is 7.54. The number of carbonyl (C=O) groups is 1. The van der Waals surface area contributed by atoms with E-state index in [-0.39, 0.29) is 19.1 Å². The topological polar surface area (TPSA) is 76.4 Å². The van der Waals surface area contributed by atoms with E-state index < -0.39 is 6.10 Å². The lowest BCUT2D eigenvalue weighted by atomic mass is 10.3. The third-order valence-corrected chi connectivity index (χ3v) is 2.09. The Morgan fingerprint density at radius 3 is 2.94 bits per heavy atom. The van der Waals surface area contributed by atoms with Crippen LogP contribution in [-0.2, 0) is 11.8 Å². The van der Waals surface area contributed by atoms with Gasteiger partial charge in [0.25, 0.3) is 5.91 Å². The predicted octanol–water partition coefficient (Wildman–Crippen LogP) is -0.534. The maximum atomic E-state index is 11.7. The molecule has 0 fully saturated rings. The summed E-state index contributed by atoms with van der Waals surface area (Å²) in [6.07, 6.45) is -0.691. The normalized spacial score (nSPS) is 12.5. The second-order valence-corrected chi connectivity index (χ2v) is 3.61. The third kappa shape index (κ3) is 3.32. The summed E-state index contributed by atoms with van der Waals surface area (Å²) in [5.41, 5.74) is 1.26. The summed E-state index contributed by atoms with van der Waals surface area (Å²) < 4.78 is 6.26. The molecule has 1 unspecified atom stereocenters. The molecular formula is C10H17N3O3. The summed E-state index contributed by atoms with van der Waals surface area (Å²) in [5.74, 6) is -0.252. The highest BCUT2D eigenvalue weighted by Gasteiger charge is 2.12. The van der Waals surface area contributed by atoms with Crippen molar-refractivity contribution in [2.45, 2.75) is 13.0 Å². The molecule has 1 heterocycles.